The van der Waals surface area contributed by atoms with Crippen LogP contribution in [0.5, 0.6) is 0 Å². The van der Waals surface area contributed by atoms with Crippen LogP contribution in [0.15, 0.2) is 30.6 Å². The van der Waals surface area contributed by atoms with E-state index in [4.69, 9.17) is 0 Å². The lowest BCUT2D eigenvalue weighted by molar-refractivity contribution is 0.596. The number of pyridine rings is 1. The second-order valence-electron chi connectivity index (χ2n) is 5.19. The van der Waals surface area contributed by atoms with Crippen LogP contribution >= 0.6 is 0 Å². The maximum Gasteiger partial charge on any atom is 0.153 e. The quantitative estimate of drug-likeness (QED) is 0.894. The van der Waals surface area contributed by atoms with Crippen molar-refractivity contribution in [2.24, 2.45) is 0 Å². The third-order valence-corrected chi connectivity index (χ3v) is 3.62. The van der Waals surface area contributed by atoms with Gasteiger partial charge in [0, 0.05) is 24.4 Å². The summed E-state index contributed by atoms with van der Waals surface area (Å²) in [7, 11) is 0. The van der Waals surface area contributed by atoms with E-state index in [0.29, 0.717) is 12.0 Å². The largest absolute Gasteiger partial charge is 0.310 e. The number of nitrogens with zero attached hydrogens (tertiary/aromatic N) is 3. The van der Waals surface area contributed by atoms with E-state index in [-0.39, 0.29) is 0 Å². The fourth-order valence-corrected chi connectivity index (χ4v) is 2.32. The summed E-state index contributed by atoms with van der Waals surface area (Å²) in [5.74, 6) is 1.58. The number of nitrogens with one attached hydrogen (secondary N) is 1. The third kappa shape index (κ3) is 2.68. The standard InChI is InChI=1S/C15H20N4/c1-3-16-11(2)13-6-8-17-15(10-13)19-9-7-14(18-19)12-4-5-12/h6-12,16H,3-5H2,1-2H3. The minimum atomic E-state index is 0.338. The summed E-state index contributed by atoms with van der Waals surface area (Å²) in [6.45, 7) is 5.25. The van der Waals surface area contributed by atoms with Crippen molar-refractivity contribution in [2.45, 2.75) is 38.6 Å². The molecular weight excluding hydrogens is 236 g/mol. The number of hydrogen-bond donors (Lipinski definition) is 1. The minimum absolute atomic E-state index is 0.338. The van der Waals surface area contributed by atoms with Gasteiger partial charge in [-0.25, -0.2) is 9.67 Å². The average Bonchev–Trinajstić information content (AvgIpc) is 3.17. The smallest absolute Gasteiger partial charge is 0.153 e. The van der Waals surface area contributed by atoms with Crippen LogP contribution in [0.3, 0.4) is 0 Å². The van der Waals surface area contributed by atoms with Crippen molar-refractivity contribution >= 4 is 0 Å². The molecule has 0 amide bonds. The molecule has 1 unspecified atom stereocenters. The molecule has 4 nitrogen and oxygen atoms in total. The van der Waals surface area contributed by atoms with Gasteiger partial charge in [-0.1, -0.05) is 6.92 Å². The average molecular weight is 256 g/mol. The van der Waals surface area contributed by atoms with Crippen LogP contribution in [0.2, 0.25) is 0 Å². The van der Waals surface area contributed by atoms with Crippen molar-refractivity contribution in [3.05, 3.63) is 41.9 Å². The molecule has 1 aliphatic carbocycles. The summed E-state index contributed by atoms with van der Waals surface area (Å²) < 4.78 is 1.88. The van der Waals surface area contributed by atoms with Crippen LogP contribution in [0.25, 0.3) is 5.82 Å². The molecular formula is C15H20N4. The third-order valence-electron chi connectivity index (χ3n) is 3.62. The maximum atomic E-state index is 4.62. The highest BCUT2D eigenvalue weighted by Gasteiger charge is 2.26. The van der Waals surface area contributed by atoms with Gasteiger partial charge in [0.15, 0.2) is 5.82 Å². The number of hydrogen-bond acceptors (Lipinski definition) is 3. The number of rotatable bonds is 5. The summed E-state index contributed by atoms with van der Waals surface area (Å²) >= 11 is 0. The van der Waals surface area contributed by atoms with E-state index in [1.165, 1.54) is 24.1 Å². The second kappa shape index (κ2) is 5.13. The monoisotopic (exact) mass is 256 g/mol. The molecule has 1 aliphatic rings. The molecule has 0 saturated heterocycles. The van der Waals surface area contributed by atoms with Crippen LogP contribution in [-0.2, 0) is 0 Å². The molecule has 0 bridgehead atoms. The lowest BCUT2D eigenvalue weighted by atomic mass is 10.1. The van der Waals surface area contributed by atoms with Crippen LogP contribution < -0.4 is 5.32 Å². The Hall–Kier alpha value is -1.68. The highest BCUT2D eigenvalue weighted by molar-refractivity contribution is 5.30. The zero-order valence-corrected chi connectivity index (χ0v) is 11.5. The van der Waals surface area contributed by atoms with Crippen molar-refractivity contribution in [1.82, 2.24) is 20.1 Å². The van der Waals surface area contributed by atoms with E-state index < -0.39 is 0 Å². The highest BCUT2D eigenvalue weighted by atomic mass is 15.3. The molecule has 1 N–H and O–H groups in total. The Morgan fingerprint density at radius 3 is 3.00 bits per heavy atom. The molecule has 0 radical (unpaired) electrons. The van der Waals surface area contributed by atoms with Gasteiger partial charge in [0.05, 0.1) is 5.69 Å². The van der Waals surface area contributed by atoms with Crippen molar-refractivity contribution in [3.8, 4) is 5.82 Å². The van der Waals surface area contributed by atoms with Gasteiger partial charge in [-0.15, -0.1) is 0 Å². The highest BCUT2D eigenvalue weighted by Crippen LogP contribution is 2.38. The summed E-state index contributed by atoms with van der Waals surface area (Å²) in [6.07, 6.45) is 6.43. The van der Waals surface area contributed by atoms with Crippen LogP contribution in [-0.4, -0.2) is 21.3 Å². The normalized spacial score (nSPS) is 16.5. The lowest BCUT2D eigenvalue weighted by Gasteiger charge is -2.13. The first-order valence-corrected chi connectivity index (χ1v) is 7.03. The van der Waals surface area contributed by atoms with E-state index in [0.717, 1.165) is 12.4 Å². The van der Waals surface area contributed by atoms with Crippen LogP contribution in [0.4, 0.5) is 0 Å². The molecule has 3 rings (SSSR count). The molecule has 100 valence electrons. The molecule has 1 atom stereocenters. The molecule has 0 aliphatic heterocycles. The fraction of sp³-hybridized carbons (Fsp3) is 0.467. The second-order valence-corrected chi connectivity index (χ2v) is 5.19. The zero-order valence-electron chi connectivity index (χ0n) is 11.5. The van der Waals surface area contributed by atoms with Crippen molar-refractivity contribution < 1.29 is 0 Å². The topological polar surface area (TPSA) is 42.7 Å². The molecule has 2 heterocycles. The van der Waals surface area contributed by atoms with Gasteiger partial charge in [0.25, 0.3) is 0 Å². The Kier molecular flexibility index (Phi) is 3.34. The summed E-state index contributed by atoms with van der Waals surface area (Å²) in [6, 6.07) is 6.61. The SMILES string of the molecule is CCNC(C)c1ccnc(-n2ccc(C3CC3)n2)c1. The van der Waals surface area contributed by atoms with Crippen molar-refractivity contribution in [3.63, 3.8) is 0 Å². The molecule has 0 spiro atoms. The van der Waals surface area contributed by atoms with Gasteiger partial charge in [0.2, 0.25) is 0 Å². The molecule has 1 fully saturated rings. The van der Waals surface area contributed by atoms with E-state index in [2.05, 4.69) is 47.4 Å². The summed E-state index contributed by atoms with van der Waals surface area (Å²) in [4.78, 5) is 4.42. The van der Waals surface area contributed by atoms with Gasteiger partial charge in [-0.3, -0.25) is 0 Å². The van der Waals surface area contributed by atoms with Gasteiger partial charge in [-0.2, -0.15) is 5.10 Å². The Balaban J connectivity index is 1.84. The summed E-state index contributed by atoms with van der Waals surface area (Å²) in [5, 5.41) is 8.04. The zero-order chi connectivity index (χ0) is 13.2. The fourth-order valence-electron chi connectivity index (χ4n) is 2.32. The Labute approximate surface area is 113 Å². The maximum absolute atomic E-state index is 4.62. The molecule has 1 saturated carbocycles. The minimum Gasteiger partial charge on any atom is -0.310 e. The molecule has 4 heteroatoms. The van der Waals surface area contributed by atoms with E-state index in [1.54, 1.807) is 0 Å². The van der Waals surface area contributed by atoms with Gasteiger partial charge < -0.3 is 5.32 Å². The Morgan fingerprint density at radius 2 is 2.26 bits per heavy atom. The van der Waals surface area contributed by atoms with Crippen molar-refractivity contribution in [2.75, 3.05) is 6.54 Å². The van der Waals surface area contributed by atoms with Crippen LogP contribution in [0.1, 0.15) is 49.9 Å². The number of aromatic nitrogens is 3. The Morgan fingerprint density at radius 1 is 1.42 bits per heavy atom. The molecule has 0 aromatic carbocycles. The predicted molar refractivity (Wildman–Crippen MR) is 75.4 cm³/mol. The first kappa shape index (κ1) is 12.4. The van der Waals surface area contributed by atoms with E-state index in [1.807, 2.05) is 17.1 Å². The van der Waals surface area contributed by atoms with Gasteiger partial charge >= 0.3 is 0 Å². The van der Waals surface area contributed by atoms with Gasteiger partial charge in [-0.05, 0) is 50.1 Å². The Bertz CT molecular complexity index is 557. The molecule has 2 aromatic heterocycles. The van der Waals surface area contributed by atoms with Crippen molar-refractivity contribution in [1.29, 1.82) is 0 Å². The molecule has 19 heavy (non-hydrogen) atoms. The van der Waals surface area contributed by atoms with E-state index in [9.17, 15) is 0 Å². The predicted octanol–water partition coefficient (Wildman–Crippen LogP) is 2.82. The first-order chi connectivity index (χ1) is 9.28. The lowest BCUT2D eigenvalue weighted by Crippen LogP contribution is -2.18. The van der Waals surface area contributed by atoms with E-state index >= 15 is 0 Å². The first-order valence-electron chi connectivity index (χ1n) is 7.03. The van der Waals surface area contributed by atoms with Crippen LogP contribution in [0, 0.1) is 0 Å². The molecule has 2 aromatic rings. The summed E-state index contributed by atoms with van der Waals surface area (Å²) in [5.41, 5.74) is 2.45. The van der Waals surface area contributed by atoms with Gasteiger partial charge in [0.1, 0.15) is 0 Å².